The third-order valence-electron chi connectivity index (χ3n) is 3.57. The van der Waals surface area contributed by atoms with E-state index >= 15 is 0 Å². The van der Waals surface area contributed by atoms with Crippen molar-refractivity contribution in [2.75, 3.05) is 5.32 Å². The summed E-state index contributed by atoms with van der Waals surface area (Å²) in [4.78, 5) is 32.5. The van der Waals surface area contributed by atoms with Gasteiger partial charge in [-0.05, 0) is 23.8 Å². The molecule has 0 radical (unpaired) electrons. The average Bonchev–Trinajstić information content (AvgIpc) is 2.56. The summed E-state index contributed by atoms with van der Waals surface area (Å²) in [6.07, 6.45) is 5.00. The fraction of sp³-hybridized carbons (Fsp3) is 0.200. The third-order valence-corrected chi connectivity index (χ3v) is 3.57. The Morgan fingerprint density at radius 2 is 1.77 bits per heavy atom. The lowest BCUT2D eigenvalue weighted by molar-refractivity contribution is 0.708. The van der Waals surface area contributed by atoms with Crippen LogP contribution >= 0.6 is 0 Å². The molecule has 1 N–H and O–H groups in total. The predicted molar refractivity (Wildman–Crippen MR) is 83.8 cm³/mol. The fourth-order valence-electron chi connectivity index (χ4n) is 2.33. The molecule has 3 heterocycles. The van der Waals surface area contributed by atoms with Gasteiger partial charge in [0.1, 0.15) is 5.39 Å². The van der Waals surface area contributed by atoms with E-state index in [1.165, 1.54) is 11.6 Å². The summed E-state index contributed by atoms with van der Waals surface area (Å²) in [5.41, 5.74) is 1.31. The van der Waals surface area contributed by atoms with E-state index < -0.39 is 5.69 Å². The number of aryl methyl sites for hydroxylation is 1. The fourth-order valence-corrected chi connectivity index (χ4v) is 2.33. The first kappa shape index (κ1) is 14.0. The summed E-state index contributed by atoms with van der Waals surface area (Å²) >= 11 is 0. The number of nitrogens with zero attached hydrogens (tertiary/aromatic N) is 4. The third kappa shape index (κ3) is 2.26. The second-order valence-corrected chi connectivity index (χ2v) is 4.97. The molecule has 3 aromatic rings. The van der Waals surface area contributed by atoms with E-state index in [1.807, 2.05) is 12.1 Å². The van der Waals surface area contributed by atoms with E-state index in [0.717, 1.165) is 10.1 Å². The van der Waals surface area contributed by atoms with E-state index in [1.54, 1.807) is 31.7 Å². The van der Waals surface area contributed by atoms with Crippen LogP contribution < -0.4 is 16.6 Å². The van der Waals surface area contributed by atoms with Gasteiger partial charge in [0.2, 0.25) is 0 Å². The Kier molecular flexibility index (Phi) is 3.46. The minimum atomic E-state index is -0.392. The molecule has 0 fully saturated rings. The molecule has 7 nitrogen and oxygen atoms in total. The monoisotopic (exact) mass is 297 g/mol. The molecule has 0 aliphatic heterocycles. The molecule has 0 atom stereocenters. The van der Waals surface area contributed by atoms with Gasteiger partial charge in [-0.2, -0.15) is 0 Å². The zero-order chi connectivity index (χ0) is 15.7. The maximum atomic E-state index is 12.4. The normalized spacial score (nSPS) is 10.8. The van der Waals surface area contributed by atoms with Crippen molar-refractivity contribution < 1.29 is 0 Å². The number of anilines is 1. The highest BCUT2D eigenvalue weighted by Crippen LogP contribution is 2.17. The molecule has 3 rings (SSSR count). The minimum Gasteiger partial charge on any atom is -0.380 e. The molecule has 0 spiro atoms. The van der Waals surface area contributed by atoms with Crippen LogP contribution in [0.15, 0.2) is 46.4 Å². The van der Waals surface area contributed by atoms with Crippen molar-refractivity contribution in [2.24, 2.45) is 14.1 Å². The summed E-state index contributed by atoms with van der Waals surface area (Å²) in [6.45, 7) is 0.549. The van der Waals surface area contributed by atoms with Gasteiger partial charge in [-0.15, -0.1) is 0 Å². The maximum Gasteiger partial charge on any atom is 0.332 e. The van der Waals surface area contributed by atoms with Gasteiger partial charge in [-0.25, -0.2) is 9.78 Å². The molecular weight excluding hydrogens is 282 g/mol. The first-order valence-corrected chi connectivity index (χ1v) is 6.77. The molecule has 0 bridgehead atoms. The number of rotatable bonds is 3. The van der Waals surface area contributed by atoms with Gasteiger partial charge in [0.15, 0.2) is 5.65 Å². The standard InChI is InChI=1S/C15H15N5O2/c1-19-13-12(14(21)20(2)15(19)22)11(5-8-17-13)18-9-10-3-6-16-7-4-10/h3-8H,9H2,1-2H3,(H,17,18). The van der Waals surface area contributed by atoms with Gasteiger partial charge in [0, 0.05) is 39.2 Å². The smallest absolute Gasteiger partial charge is 0.332 e. The number of pyridine rings is 2. The highest BCUT2D eigenvalue weighted by atomic mass is 16.2. The molecule has 0 saturated heterocycles. The summed E-state index contributed by atoms with van der Waals surface area (Å²) < 4.78 is 2.45. The molecule has 0 amide bonds. The van der Waals surface area contributed by atoms with Crippen LogP contribution in [-0.4, -0.2) is 19.1 Å². The molecular formula is C15H15N5O2. The van der Waals surface area contributed by atoms with Gasteiger partial charge < -0.3 is 5.32 Å². The van der Waals surface area contributed by atoms with Crippen LogP contribution in [0.1, 0.15) is 5.56 Å². The zero-order valence-electron chi connectivity index (χ0n) is 12.3. The largest absolute Gasteiger partial charge is 0.380 e. The first-order chi connectivity index (χ1) is 10.6. The van der Waals surface area contributed by atoms with E-state index in [0.29, 0.717) is 23.3 Å². The number of hydrogen-bond donors (Lipinski definition) is 1. The van der Waals surface area contributed by atoms with E-state index in [4.69, 9.17) is 0 Å². The van der Waals surface area contributed by atoms with Crippen molar-refractivity contribution in [3.05, 3.63) is 63.2 Å². The summed E-state index contributed by atoms with van der Waals surface area (Å²) in [5, 5.41) is 3.63. The predicted octanol–water partition coefficient (Wildman–Crippen LogP) is 0.639. The summed E-state index contributed by atoms with van der Waals surface area (Å²) in [7, 11) is 3.06. The zero-order valence-corrected chi connectivity index (χ0v) is 12.3. The molecule has 3 aromatic heterocycles. The van der Waals surface area contributed by atoms with Gasteiger partial charge in [0.25, 0.3) is 5.56 Å². The Hall–Kier alpha value is -2.96. The van der Waals surface area contributed by atoms with Crippen molar-refractivity contribution >= 4 is 16.7 Å². The molecule has 0 saturated carbocycles. The quantitative estimate of drug-likeness (QED) is 0.767. The van der Waals surface area contributed by atoms with Crippen LogP contribution in [0.2, 0.25) is 0 Å². The average molecular weight is 297 g/mol. The van der Waals surface area contributed by atoms with Gasteiger partial charge in [-0.1, -0.05) is 0 Å². The Labute approximate surface area is 125 Å². The van der Waals surface area contributed by atoms with Crippen molar-refractivity contribution in [2.45, 2.75) is 6.54 Å². The van der Waals surface area contributed by atoms with Crippen molar-refractivity contribution in [1.82, 2.24) is 19.1 Å². The van der Waals surface area contributed by atoms with Crippen LogP contribution in [0.3, 0.4) is 0 Å². The first-order valence-electron chi connectivity index (χ1n) is 6.77. The van der Waals surface area contributed by atoms with Crippen LogP contribution in [0.25, 0.3) is 11.0 Å². The van der Waals surface area contributed by atoms with Crippen LogP contribution in [0, 0.1) is 0 Å². The van der Waals surface area contributed by atoms with Gasteiger partial charge in [0.05, 0.1) is 5.69 Å². The van der Waals surface area contributed by atoms with Crippen molar-refractivity contribution in [1.29, 1.82) is 0 Å². The van der Waals surface area contributed by atoms with Gasteiger partial charge in [-0.3, -0.25) is 18.9 Å². The Morgan fingerprint density at radius 1 is 1.05 bits per heavy atom. The molecule has 112 valence electrons. The second kappa shape index (κ2) is 5.44. The summed E-state index contributed by atoms with van der Waals surface area (Å²) in [5.74, 6) is 0. The Morgan fingerprint density at radius 3 is 2.50 bits per heavy atom. The molecule has 7 heteroatoms. The van der Waals surface area contributed by atoms with Crippen LogP contribution in [0.5, 0.6) is 0 Å². The molecule has 0 unspecified atom stereocenters. The maximum absolute atomic E-state index is 12.4. The molecule has 0 aromatic carbocycles. The number of nitrogens with one attached hydrogen (secondary N) is 1. The molecule has 0 aliphatic carbocycles. The minimum absolute atomic E-state index is 0.358. The number of hydrogen-bond acceptors (Lipinski definition) is 5. The topological polar surface area (TPSA) is 81.8 Å². The SMILES string of the molecule is Cn1c(=O)c2c(NCc3ccncc3)ccnc2n(C)c1=O. The number of aromatic nitrogens is 4. The van der Waals surface area contributed by atoms with Crippen LogP contribution in [-0.2, 0) is 20.6 Å². The van der Waals surface area contributed by atoms with Crippen molar-refractivity contribution in [3.63, 3.8) is 0 Å². The second-order valence-electron chi connectivity index (χ2n) is 4.97. The van der Waals surface area contributed by atoms with Crippen molar-refractivity contribution in [3.8, 4) is 0 Å². The number of fused-ring (bicyclic) bond motifs is 1. The van der Waals surface area contributed by atoms with E-state index in [9.17, 15) is 9.59 Å². The lowest BCUT2D eigenvalue weighted by Gasteiger charge is -2.12. The van der Waals surface area contributed by atoms with Crippen LogP contribution in [0.4, 0.5) is 5.69 Å². The molecule has 0 aliphatic rings. The molecule has 22 heavy (non-hydrogen) atoms. The van der Waals surface area contributed by atoms with E-state index in [-0.39, 0.29) is 5.56 Å². The lowest BCUT2D eigenvalue weighted by Crippen LogP contribution is -2.37. The van der Waals surface area contributed by atoms with Gasteiger partial charge >= 0.3 is 5.69 Å². The summed E-state index contributed by atoms with van der Waals surface area (Å²) in [6, 6.07) is 5.52. The highest BCUT2D eigenvalue weighted by molar-refractivity contribution is 5.87. The Bertz CT molecular complexity index is 944. The highest BCUT2D eigenvalue weighted by Gasteiger charge is 2.13. The van der Waals surface area contributed by atoms with E-state index in [2.05, 4.69) is 15.3 Å². The Balaban J connectivity index is 2.11. The lowest BCUT2D eigenvalue weighted by atomic mass is 10.2.